The Morgan fingerprint density at radius 1 is 1.06 bits per heavy atom. The number of rotatable bonds is 7. The van der Waals surface area contributed by atoms with E-state index in [0.717, 1.165) is 71.1 Å². The van der Waals surface area contributed by atoms with Crippen molar-refractivity contribution >= 4 is 6.09 Å². The molecule has 4 rings (SSSR count). The standard InChI is InChI=1S/C27H43N3O4/c1-27(2,3)34-26(31)30-14-13-29-17-22(10-11-23(29)18-30)19-33-25-9-5-7-21(15-25)16-28-12-6-8-24(28)20-32-4/h5,7,9,15,22-24H,6,8,10-14,16-20H2,1-4H3/t22-,23-,24?/m0/s1. The van der Waals surface area contributed by atoms with Gasteiger partial charge in [0.15, 0.2) is 0 Å². The number of carbonyl (C=O) groups excluding carboxylic acids is 1. The van der Waals surface area contributed by atoms with Crippen LogP contribution in [0.25, 0.3) is 0 Å². The van der Waals surface area contributed by atoms with Crippen LogP contribution >= 0.6 is 0 Å². The Morgan fingerprint density at radius 2 is 1.91 bits per heavy atom. The van der Waals surface area contributed by atoms with E-state index in [1.807, 2.05) is 25.7 Å². The maximum Gasteiger partial charge on any atom is 0.410 e. The van der Waals surface area contributed by atoms with Crippen molar-refractivity contribution in [2.75, 3.05) is 53.0 Å². The van der Waals surface area contributed by atoms with Crippen molar-refractivity contribution in [3.8, 4) is 5.75 Å². The Kier molecular flexibility index (Phi) is 8.38. The lowest BCUT2D eigenvalue weighted by Gasteiger charge is -2.46. The van der Waals surface area contributed by atoms with Crippen LogP contribution in [0.1, 0.15) is 52.0 Å². The summed E-state index contributed by atoms with van der Waals surface area (Å²) in [6.45, 7) is 12.9. The van der Waals surface area contributed by atoms with E-state index in [2.05, 4.69) is 34.1 Å². The predicted molar refractivity (Wildman–Crippen MR) is 133 cm³/mol. The zero-order chi connectivity index (χ0) is 24.1. The van der Waals surface area contributed by atoms with E-state index in [1.165, 1.54) is 18.4 Å². The molecule has 3 saturated heterocycles. The van der Waals surface area contributed by atoms with Crippen molar-refractivity contribution in [1.82, 2.24) is 14.7 Å². The Morgan fingerprint density at radius 3 is 2.71 bits per heavy atom. The number of methoxy groups -OCH3 is 1. The quantitative estimate of drug-likeness (QED) is 0.597. The molecular formula is C27H43N3O4. The first kappa shape index (κ1) is 25.3. The number of benzene rings is 1. The summed E-state index contributed by atoms with van der Waals surface area (Å²) in [7, 11) is 1.79. The third kappa shape index (κ3) is 6.86. The molecule has 190 valence electrons. The van der Waals surface area contributed by atoms with Gasteiger partial charge in [0, 0.05) is 57.8 Å². The third-order valence-electron chi connectivity index (χ3n) is 7.29. The number of hydrogen-bond acceptors (Lipinski definition) is 6. The smallest absolute Gasteiger partial charge is 0.410 e. The van der Waals surface area contributed by atoms with Crippen molar-refractivity contribution < 1.29 is 19.0 Å². The summed E-state index contributed by atoms with van der Waals surface area (Å²) in [6.07, 6.45) is 4.52. The minimum absolute atomic E-state index is 0.181. The molecule has 0 aromatic heterocycles. The SMILES string of the molecule is COCC1CCCN1Cc1cccc(OC[C@H]2CC[C@H]3CN(C(=O)OC(C)(C)C)CCN3C2)c1. The molecule has 3 aliphatic heterocycles. The van der Waals surface area contributed by atoms with Crippen molar-refractivity contribution in [2.24, 2.45) is 5.92 Å². The normalized spacial score (nSPS) is 26.4. The number of likely N-dealkylation sites (tertiary alicyclic amines) is 1. The highest BCUT2D eigenvalue weighted by atomic mass is 16.6. The highest BCUT2D eigenvalue weighted by Crippen LogP contribution is 2.27. The van der Waals surface area contributed by atoms with Gasteiger partial charge in [-0.1, -0.05) is 12.1 Å². The predicted octanol–water partition coefficient (Wildman–Crippen LogP) is 4.01. The highest BCUT2D eigenvalue weighted by Gasteiger charge is 2.36. The van der Waals surface area contributed by atoms with Gasteiger partial charge in [0.25, 0.3) is 0 Å². The van der Waals surface area contributed by atoms with Gasteiger partial charge in [-0.2, -0.15) is 0 Å². The maximum atomic E-state index is 12.5. The van der Waals surface area contributed by atoms with E-state index in [4.69, 9.17) is 14.2 Å². The Bertz CT molecular complexity index is 811. The minimum Gasteiger partial charge on any atom is -0.493 e. The van der Waals surface area contributed by atoms with Crippen LogP contribution in [0.15, 0.2) is 24.3 Å². The molecule has 0 saturated carbocycles. The van der Waals surface area contributed by atoms with Crippen LogP contribution in [0.2, 0.25) is 0 Å². The Labute approximate surface area is 205 Å². The van der Waals surface area contributed by atoms with E-state index >= 15 is 0 Å². The van der Waals surface area contributed by atoms with Crippen LogP contribution in [0, 0.1) is 5.92 Å². The van der Waals surface area contributed by atoms with E-state index in [0.29, 0.717) is 18.0 Å². The lowest BCUT2D eigenvalue weighted by atomic mass is 9.91. The fourth-order valence-electron chi connectivity index (χ4n) is 5.55. The first-order chi connectivity index (χ1) is 16.3. The monoisotopic (exact) mass is 473 g/mol. The number of hydrogen-bond donors (Lipinski definition) is 0. The largest absolute Gasteiger partial charge is 0.493 e. The van der Waals surface area contributed by atoms with Gasteiger partial charge in [0.2, 0.25) is 0 Å². The molecule has 7 heteroatoms. The molecule has 1 unspecified atom stereocenters. The topological polar surface area (TPSA) is 54.5 Å². The van der Waals surface area contributed by atoms with Gasteiger partial charge in [-0.05, 0) is 70.7 Å². The van der Waals surface area contributed by atoms with Gasteiger partial charge in [-0.25, -0.2) is 4.79 Å². The second-order valence-corrected chi connectivity index (χ2v) is 11.2. The Hall–Kier alpha value is -1.83. The number of carbonyl (C=O) groups is 1. The zero-order valence-electron chi connectivity index (χ0n) is 21.5. The molecule has 34 heavy (non-hydrogen) atoms. The molecule has 0 aliphatic carbocycles. The fraction of sp³-hybridized carbons (Fsp3) is 0.741. The number of amides is 1. The molecule has 7 nitrogen and oxygen atoms in total. The average Bonchev–Trinajstić information content (AvgIpc) is 3.23. The van der Waals surface area contributed by atoms with Gasteiger partial charge in [0.05, 0.1) is 13.2 Å². The Balaban J connectivity index is 1.23. The molecule has 0 spiro atoms. The van der Waals surface area contributed by atoms with Crippen LogP contribution < -0.4 is 4.74 Å². The molecule has 0 bridgehead atoms. The summed E-state index contributed by atoms with van der Waals surface area (Å²) in [5, 5.41) is 0. The molecule has 3 fully saturated rings. The zero-order valence-corrected chi connectivity index (χ0v) is 21.5. The van der Waals surface area contributed by atoms with Gasteiger partial charge < -0.3 is 19.1 Å². The first-order valence-corrected chi connectivity index (χ1v) is 13.0. The van der Waals surface area contributed by atoms with Gasteiger partial charge >= 0.3 is 6.09 Å². The molecule has 1 aromatic rings. The second kappa shape index (κ2) is 11.3. The number of piperidine rings is 1. The van der Waals surface area contributed by atoms with Crippen LogP contribution in [0.3, 0.4) is 0 Å². The fourth-order valence-corrected chi connectivity index (χ4v) is 5.55. The van der Waals surface area contributed by atoms with Gasteiger partial charge in [-0.3, -0.25) is 9.80 Å². The molecular weight excluding hydrogens is 430 g/mol. The van der Waals surface area contributed by atoms with E-state index in [-0.39, 0.29) is 6.09 Å². The lowest BCUT2D eigenvalue weighted by Crippen LogP contribution is -2.58. The number of ether oxygens (including phenoxy) is 3. The lowest BCUT2D eigenvalue weighted by molar-refractivity contribution is -0.0122. The van der Waals surface area contributed by atoms with Crippen LogP contribution in [0.4, 0.5) is 4.79 Å². The highest BCUT2D eigenvalue weighted by molar-refractivity contribution is 5.68. The van der Waals surface area contributed by atoms with Crippen LogP contribution in [-0.2, 0) is 16.0 Å². The summed E-state index contributed by atoms with van der Waals surface area (Å²) in [5.74, 6) is 1.49. The van der Waals surface area contributed by atoms with Crippen molar-refractivity contribution in [2.45, 2.75) is 70.7 Å². The van der Waals surface area contributed by atoms with E-state index in [9.17, 15) is 4.79 Å². The molecule has 1 aromatic carbocycles. The molecule has 3 atom stereocenters. The number of fused-ring (bicyclic) bond motifs is 1. The minimum atomic E-state index is -0.444. The average molecular weight is 474 g/mol. The van der Waals surface area contributed by atoms with E-state index < -0.39 is 5.60 Å². The van der Waals surface area contributed by atoms with Crippen LogP contribution in [0.5, 0.6) is 5.75 Å². The summed E-state index contributed by atoms with van der Waals surface area (Å²) in [5.41, 5.74) is 0.864. The summed E-state index contributed by atoms with van der Waals surface area (Å²) >= 11 is 0. The summed E-state index contributed by atoms with van der Waals surface area (Å²) < 4.78 is 17.2. The van der Waals surface area contributed by atoms with Gasteiger partial charge in [-0.15, -0.1) is 0 Å². The van der Waals surface area contributed by atoms with Crippen molar-refractivity contribution in [3.05, 3.63) is 29.8 Å². The summed E-state index contributed by atoms with van der Waals surface area (Å²) in [4.78, 5) is 19.4. The molecule has 0 N–H and O–H groups in total. The molecule has 1 amide bonds. The van der Waals surface area contributed by atoms with E-state index in [1.54, 1.807) is 7.11 Å². The third-order valence-corrected chi connectivity index (χ3v) is 7.29. The molecule has 0 radical (unpaired) electrons. The molecule has 3 aliphatic rings. The number of nitrogens with zero attached hydrogens (tertiary/aromatic N) is 3. The van der Waals surface area contributed by atoms with Crippen LogP contribution in [-0.4, -0.2) is 91.5 Å². The second-order valence-electron chi connectivity index (χ2n) is 11.2. The van der Waals surface area contributed by atoms with Gasteiger partial charge in [0.1, 0.15) is 11.4 Å². The summed E-state index contributed by atoms with van der Waals surface area (Å²) in [6, 6.07) is 9.55. The maximum absolute atomic E-state index is 12.5. The first-order valence-electron chi connectivity index (χ1n) is 13.0. The van der Waals surface area contributed by atoms with Crippen molar-refractivity contribution in [1.29, 1.82) is 0 Å². The molecule has 3 heterocycles. The van der Waals surface area contributed by atoms with Crippen molar-refractivity contribution in [3.63, 3.8) is 0 Å². The number of piperazine rings is 1.